The molecule has 0 bridgehead atoms. The molecule has 0 spiro atoms. The third-order valence-electron chi connectivity index (χ3n) is 3.95. The Morgan fingerprint density at radius 2 is 2.00 bits per heavy atom. The summed E-state index contributed by atoms with van der Waals surface area (Å²) in [6.07, 6.45) is 2.57. The van der Waals surface area contributed by atoms with E-state index in [4.69, 9.17) is 4.74 Å². The average molecular weight is 294 g/mol. The van der Waals surface area contributed by atoms with Gasteiger partial charge in [-0.15, -0.1) is 0 Å². The van der Waals surface area contributed by atoms with Crippen LogP contribution in [-0.4, -0.2) is 17.6 Å². The predicted molar refractivity (Wildman–Crippen MR) is 71.6 cm³/mol. The van der Waals surface area contributed by atoms with Crippen molar-refractivity contribution in [2.24, 2.45) is 0 Å². The third kappa shape index (κ3) is 2.05. The molecule has 0 saturated heterocycles. The van der Waals surface area contributed by atoms with Crippen LogP contribution >= 0.6 is 0 Å². The van der Waals surface area contributed by atoms with Crippen molar-refractivity contribution in [2.75, 3.05) is 11.9 Å². The number of anilines is 1. The first-order valence-electron chi connectivity index (χ1n) is 6.98. The van der Waals surface area contributed by atoms with E-state index in [1.807, 2.05) is 0 Å². The molecule has 6 heteroatoms. The summed E-state index contributed by atoms with van der Waals surface area (Å²) in [6, 6.07) is 1.22. The van der Waals surface area contributed by atoms with Gasteiger partial charge in [0.2, 0.25) is 0 Å². The Morgan fingerprint density at radius 1 is 1.19 bits per heavy atom. The molecular weight excluding hydrogens is 281 g/mol. The Labute approximate surface area is 119 Å². The molecule has 4 rings (SSSR count). The SMILES string of the molecule is Fc1cc2nc3c(c(NC4CC4)c2c(F)c1F)COCC3. The second-order valence-electron chi connectivity index (χ2n) is 5.51. The fourth-order valence-corrected chi connectivity index (χ4v) is 2.71. The lowest BCUT2D eigenvalue weighted by Crippen LogP contribution is -2.17. The van der Waals surface area contributed by atoms with Gasteiger partial charge in [-0.25, -0.2) is 13.2 Å². The standard InChI is InChI=1S/C15H13F3N2O/c16-9-5-11-12(14(18)13(9)17)15(19-7-1-2-7)8-6-21-4-3-10(8)20-11/h5,7H,1-4,6H2,(H,19,20). The number of aromatic nitrogens is 1. The molecular formula is C15H13F3N2O. The second-order valence-corrected chi connectivity index (χ2v) is 5.51. The highest BCUT2D eigenvalue weighted by atomic mass is 19.2. The van der Waals surface area contributed by atoms with Crippen molar-refractivity contribution in [1.82, 2.24) is 4.98 Å². The van der Waals surface area contributed by atoms with Gasteiger partial charge in [-0.2, -0.15) is 0 Å². The molecule has 0 amide bonds. The summed E-state index contributed by atoms with van der Waals surface area (Å²) in [5.41, 5.74) is 2.18. The van der Waals surface area contributed by atoms with Gasteiger partial charge in [0.05, 0.1) is 35.5 Å². The van der Waals surface area contributed by atoms with Gasteiger partial charge < -0.3 is 10.1 Å². The Hall–Kier alpha value is -1.82. The van der Waals surface area contributed by atoms with Gasteiger partial charge in [-0.1, -0.05) is 0 Å². The van der Waals surface area contributed by atoms with Crippen LogP contribution in [0.1, 0.15) is 24.1 Å². The highest BCUT2D eigenvalue weighted by Crippen LogP contribution is 2.37. The number of nitrogens with zero attached hydrogens (tertiary/aromatic N) is 1. The van der Waals surface area contributed by atoms with E-state index in [0.29, 0.717) is 25.3 Å². The first-order chi connectivity index (χ1) is 10.1. The van der Waals surface area contributed by atoms with Crippen molar-refractivity contribution in [3.8, 4) is 0 Å². The molecule has 2 aliphatic rings. The summed E-state index contributed by atoms with van der Waals surface area (Å²) >= 11 is 0. The third-order valence-corrected chi connectivity index (χ3v) is 3.95. The molecule has 2 heterocycles. The Morgan fingerprint density at radius 3 is 2.76 bits per heavy atom. The first kappa shape index (κ1) is 12.9. The summed E-state index contributed by atoms with van der Waals surface area (Å²) < 4.78 is 46.7. The maximum absolute atomic E-state index is 14.2. The Bertz CT molecular complexity index is 744. The Kier molecular flexibility index (Phi) is 2.82. The van der Waals surface area contributed by atoms with Crippen LogP contribution < -0.4 is 5.32 Å². The molecule has 1 aromatic heterocycles. The molecule has 2 aromatic rings. The summed E-state index contributed by atoms with van der Waals surface area (Å²) in [5.74, 6) is -3.86. The van der Waals surface area contributed by atoms with Gasteiger partial charge >= 0.3 is 0 Å². The molecule has 1 aromatic carbocycles. The fraction of sp³-hybridized carbons (Fsp3) is 0.400. The number of nitrogens with one attached hydrogen (secondary N) is 1. The van der Waals surface area contributed by atoms with Gasteiger partial charge in [0.1, 0.15) is 0 Å². The molecule has 0 unspecified atom stereocenters. The molecule has 1 saturated carbocycles. The minimum atomic E-state index is -1.46. The van der Waals surface area contributed by atoms with Gasteiger partial charge in [0.15, 0.2) is 17.5 Å². The number of ether oxygens (including phenoxy) is 1. The molecule has 21 heavy (non-hydrogen) atoms. The van der Waals surface area contributed by atoms with Gasteiger partial charge in [0.25, 0.3) is 0 Å². The van der Waals surface area contributed by atoms with Crippen molar-refractivity contribution in [3.05, 3.63) is 34.8 Å². The average Bonchev–Trinajstić information content (AvgIpc) is 3.28. The lowest BCUT2D eigenvalue weighted by Gasteiger charge is -2.22. The van der Waals surface area contributed by atoms with Crippen molar-refractivity contribution >= 4 is 16.6 Å². The van der Waals surface area contributed by atoms with Crippen LogP contribution in [0, 0.1) is 17.5 Å². The summed E-state index contributed by atoms with van der Waals surface area (Å²) in [5, 5.41) is 3.24. The van der Waals surface area contributed by atoms with Crippen LogP contribution in [0.2, 0.25) is 0 Å². The van der Waals surface area contributed by atoms with E-state index in [1.165, 1.54) is 0 Å². The minimum Gasteiger partial charge on any atom is -0.381 e. The van der Waals surface area contributed by atoms with E-state index in [-0.39, 0.29) is 16.9 Å². The zero-order chi connectivity index (χ0) is 14.6. The lowest BCUT2D eigenvalue weighted by molar-refractivity contribution is 0.110. The molecule has 3 nitrogen and oxygen atoms in total. The number of hydrogen-bond donors (Lipinski definition) is 1. The van der Waals surface area contributed by atoms with Crippen molar-refractivity contribution in [3.63, 3.8) is 0 Å². The zero-order valence-electron chi connectivity index (χ0n) is 11.2. The largest absolute Gasteiger partial charge is 0.381 e. The maximum Gasteiger partial charge on any atom is 0.195 e. The first-order valence-corrected chi connectivity index (χ1v) is 6.98. The van der Waals surface area contributed by atoms with Crippen LogP contribution in [0.4, 0.5) is 18.9 Å². The topological polar surface area (TPSA) is 34.2 Å². The van der Waals surface area contributed by atoms with E-state index in [1.54, 1.807) is 0 Å². The van der Waals surface area contributed by atoms with Crippen molar-refractivity contribution in [1.29, 1.82) is 0 Å². The van der Waals surface area contributed by atoms with Crippen LogP contribution in [0.3, 0.4) is 0 Å². The number of rotatable bonds is 2. The smallest absolute Gasteiger partial charge is 0.195 e. The van der Waals surface area contributed by atoms with Crippen LogP contribution in [0.25, 0.3) is 10.9 Å². The fourth-order valence-electron chi connectivity index (χ4n) is 2.71. The number of benzene rings is 1. The monoisotopic (exact) mass is 294 g/mol. The minimum absolute atomic E-state index is 0.0186. The maximum atomic E-state index is 14.2. The number of halogens is 3. The molecule has 1 fully saturated rings. The molecule has 110 valence electrons. The predicted octanol–water partition coefficient (Wildman–Crippen LogP) is 3.30. The highest BCUT2D eigenvalue weighted by molar-refractivity contribution is 5.94. The van der Waals surface area contributed by atoms with Crippen LogP contribution in [-0.2, 0) is 17.8 Å². The van der Waals surface area contributed by atoms with Gasteiger partial charge in [-0.3, -0.25) is 4.98 Å². The van der Waals surface area contributed by atoms with E-state index in [9.17, 15) is 13.2 Å². The van der Waals surface area contributed by atoms with Crippen molar-refractivity contribution < 1.29 is 17.9 Å². The quantitative estimate of drug-likeness (QED) is 0.863. The van der Waals surface area contributed by atoms with Crippen LogP contribution in [0.5, 0.6) is 0 Å². The number of pyridine rings is 1. The lowest BCUT2D eigenvalue weighted by atomic mass is 10.0. The highest BCUT2D eigenvalue weighted by Gasteiger charge is 2.28. The van der Waals surface area contributed by atoms with Crippen molar-refractivity contribution in [2.45, 2.75) is 31.9 Å². The molecule has 0 atom stereocenters. The number of fused-ring (bicyclic) bond motifs is 2. The zero-order valence-corrected chi connectivity index (χ0v) is 11.2. The van der Waals surface area contributed by atoms with Crippen LogP contribution in [0.15, 0.2) is 6.07 Å². The molecule has 1 aliphatic heterocycles. The van der Waals surface area contributed by atoms with Gasteiger partial charge in [0, 0.05) is 24.1 Å². The Balaban J connectivity index is 2.04. The van der Waals surface area contributed by atoms with Gasteiger partial charge in [-0.05, 0) is 12.8 Å². The van der Waals surface area contributed by atoms with E-state index in [0.717, 1.165) is 30.2 Å². The number of hydrogen-bond acceptors (Lipinski definition) is 3. The molecule has 0 radical (unpaired) electrons. The normalized spacial score (nSPS) is 17.9. The molecule has 1 N–H and O–H groups in total. The summed E-state index contributed by atoms with van der Waals surface area (Å²) in [4.78, 5) is 4.30. The van der Waals surface area contributed by atoms with E-state index >= 15 is 0 Å². The second kappa shape index (κ2) is 4.59. The summed E-state index contributed by atoms with van der Waals surface area (Å²) in [7, 11) is 0. The molecule has 1 aliphatic carbocycles. The van der Waals surface area contributed by atoms with E-state index < -0.39 is 17.5 Å². The van der Waals surface area contributed by atoms with E-state index in [2.05, 4.69) is 10.3 Å². The summed E-state index contributed by atoms with van der Waals surface area (Å²) in [6.45, 7) is 0.840.